The Hall–Kier alpha value is -3.50. The second-order valence-electron chi connectivity index (χ2n) is 10.5. The van der Waals surface area contributed by atoms with E-state index in [-0.39, 0.29) is 11.9 Å². The monoisotopic (exact) mass is 499 g/mol. The van der Waals surface area contributed by atoms with E-state index in [1.165, 1.54) is 6.07 Å². The molecule has 0 N–H and O–H groups in total. The van der Waals surface area contributed by atoms with Crippen LogP contribution in [-0.2, 0) is 6.42 Å². The van der Waals surface area contributed by atoms with E-state index in [1.807, 2.05) is 19.1 Å². The maximum atomic E-state index is 15.1. The Labute approximate surface area is 218 Å². The van der Waals surface area contributed by atoms with Crippen molar-refractivity contribution in [3.8, 4) is 17.0 Å². The van der Waals surface area contributed by atoms with Crippen molar-refractivity contribution >= 4 is 11.4 Å². The second kappa shape index (κ2) is 10.5. The highest BCUT2D eigenvalue weighted by Gasteiger charge is 2.25. The summed E-state index contributed by atoms with van der Waals surface area (Å²) in [6, 6.07) is 9.92. The molecule has 0 radical (unpaired) electrons. The summed E-state index contributed by atoms with van der Waals surface area (Å²) in [6.07, 6.45) is 4.48. The number of likely N-dealkylation sites (tertiary alicyclic amines) is 1. The van der Waals surface area contributed by atoms with Crippen molar-refractivity contribution in [2.75, 3.05) is 38.2 Å². The molecule has 5 rings (SSSR count). The summed E-state index contributed by atoms with van der Waals surface area (Å²) in [7, 11) is 2.15. The molecule has 2 aliphatic heterocycles. The molecule has 0 atom stereocenters. The number of halogens is 1. The fourth-order valence-corrected chi connectivity index (χ4v) is 5.47. The van der Waals surface area contributed by atoms with Gasteiger partial charge < -0.3 is 14.5 Å². The van der Waals surface area contributed by atoms with Crippen LogP contribution in [0, 0.1) is 19.3 Å². The first-order valence-electron chi connectivity index (χ1n) is 13.1. The van der Waals surface area contributed by atoms with Crippen molar-refractivity contribution in [1.82, 2.24) is 14.9 Å². The van der Waals surface area contributed by atoms with Crippen molar-refractivity contribution in [3.05, 3.63) is 76.3 Å². The van der Waals surface area contributed by atoms with Gasteiger partial charge in [-0.05, 0) is 82.9 Å². The van der Waals surface area contributed by atoms with E-state index in [2.05, 4.69) is 52.7 Å². The van der Waals surface area contributed by atoms with Crippen LogP contribution in [0.1, 0.15) is 55.1 Å². The van der Waals surface area contributed by atoms with Gasteiger partial charge in [-0.2, -0.15) is 0 Å². The van der Waals surface area contributed by atoms with Gasteiger partial charge >= 0.3 is 0 Å². The van der Waals surface area contributed by atoms with Gasteiger partial charge in [0.2, 0.25) is 0 Å². The third-order valence-corrected chi connectivity index (χ3v) is 7.57. The second-order valence-corrected chi connectivity index (χ2v) is 10.5. The SMILES string of the molecule is [C-]#[N+]c1cc(Cc2ncc(C)c(-c3cc(F)c4c(c3)N(C(C)C)CCO4)n2)ccc1C1CCN(C)CC1. The van der Waals surface area contributed by atoms with Gasteiger partial charge in [0.15, 0.2) is 17.3 Å². The lowest BCUT2D eigenvalue weighted by atomic mass is 9.87. The number of benzene rings is 2. The zero-order valence-corrected chi connectivity index (χ0v) is 22.1. The van der Waals surface area contributed by atoms with E-state index in [0.29, 0.717) is 41.8 Å². The van der Waals surface area contributed by atoms with Crippen LogP contribution in [-0.4, -0.2) is 54.2 Å². The Bertz CT molecular complexity index is 1340. The van der Waals surface area contributed by atoms with Gasteiger partial charge in [-0.1, -0.05) is 23.8 Å². The molecule has 7 heteroatoms. The van der Waals surface area contributed by atoms with Crippen LogP contribution in [0.25, 0.3) is 16.1 Å². The van der Waals surface area contributed by atoms with Gasteiger partial charge in [-0.25, -0.2) is 19.2 Å². The van der Waals surface area contributed by atoms with Crippen LogP contribution in [0.2, 0.25) is 0 Å². The molecule has 2 aliphatic rings. The molecule has 192 valence electrons. The number of rotatable bonds is 5. The fraction of sp³-hybridized carbons (Fsp3) is 0.433. The summed E-state index contributed by atoms with van der Waals surface area (Å²) in [5, 5.41) is 0. The zero-order chi connectivity index (χ0) is 26.1. The van der Waals surface area contributed by atoms with E-state index < -0.39 is 0 Å². The van der Waals surface area contributed by atoms with Crippen LogP contribution in [0.4, 0.5) is 15.8 Å². The Balaban J connectivity index is 1.44. The molecule has 0 bridgehead atoms. The number of anilines is 1. The molecule has 1 aromatic heterocycles. The van der Waals surface area contributed by atoms with E-state index in [9.17, 15) is 0 Å². The van der Waals surface area contributed by atoms with Crippen LogP contribution >= 0.6 is 0 Å². The predicted octanol–water partition coefficient (Wildman–Crippen LogP) is 6.15. The average molecular weight is 500 g/mol. The maximum absolute atomic E-state index is 15.1. The van der Waals surface area contributed by atoms with Crippen LogP contribution in [0.3, 0.4) is 0 Å². The summed E-state index contributed by atoms with van der Waals surface area (Å²) in [5.74, 6) is 1.03. The third-order valence-electron chi connectivity index (χ3n) is 7.57. The highest BCUT2D eigenvalue weighted by molar-refractivity contribution is 5.73. The summed E-state index contributed by atoms with van der Waals surface area (Å²) in [5.41, 5.74) is 5.97. The Kier molecular flexibility index (Phi) is 7.12. The van der Waals surface area contributed by atoms with Gasteiger partial charge in [0, 0.05) is 24.2 Å². The minimum absolute atomic E-state index is 0.230. The van der Waals surface area contributed by atoms with E-state index in [4.69, 9.17) is 16.3 Å². The van der Waals surface area contributed by atoms with Crippen molar-refractivity contribution in [2.45, 2.75) is 52.0 Å². The Morgan fingerprint density at radius 3 is 2.68 bits per heavy atom. The lowest BCUT2D eigenvalue weighted by Gasteiger charge is -2.34. The number of aromatic nitrogens is 2. The first kappa shape index (κ1) is 25.2. The number of aryl methyl sites for hydroxylation is 1. The Morgan fingerprint density at radius 2 is 1.95 bits per heavy atom. The quantitative estimate of drug-likeness (QED) is 0.394. The minimum Gasteiger partial charge on any atom is -0.486 e. The summed E-state index contributed by atoms with van der Waals surface area (Å²) >= 11 is 0. The molecule has 0 spiro atoms. The summed E-state index contributed by atoms with van der Waals surface area (Å²) in [6.45, 7) is 17.2. The molecule has 3 aromatic rings. The molecule has 1 saturated heterocycles. The number of nitrogens with zero attached hydrogens (tertiary/aromatic N) is 5. The van der Waals surface area contributed by atoms with E-state index >= 15 is 4.39 Å². The average Bonchev–Trinajstić information content (AvgIpc) is 2.90. The molecule has 3 heterocycles. The standard InChI is InChI=1S/C30H34FN5O/c1-19(2)36-12-13-37-30-25(31)16-23(17-27(30)36)29-20(3)18-33-28(34-29)15-21-6-7-24(26(14-21)32-4)22-8-10-35(5)11-9-22/h6-7,14,16-19,22H,8-13,15H2,1-3,5H3. The maximum Gasteiger partial charge on any atom is 0.190 e. The highest BCUT2D eigenvalue weighted by atomic mass is 19.1. The summed E-state index contributed by atoms with van der Waals surface area (Å²) < 4.78 is 20.8. The molecule has 0 unspecified atom stereocenters. The lowest BCUT2D eigenvalue weighted by molar-refractivity contribution is 0.255. The normalized spacial score (nSPS) is 16.4. The number of ether oxygens (including phenoxy) is 1. The van der Waals surface area contributed by atoms with Crippen molar-refractivity contribution in [2.24, 2.45) is 0 Å². The third kappa shape index (κ3) is 5.17. The molecular weight excluding hydrogens is 465 g/mol. The largest absolute Gasteiger partial charge is 0.486 e. The summed E-state index contributed by atoms with van der Waals surface area (Å²) in [4.78, 5) is 17.8. The van der Waals surface area contributed by atoms with Crippen LogP contribution < -0.4 is 9.64 Å². The van der Waals surface area contributed by atoms with Crippen molar-refractivity contribution in [3.63, 3.8) is 0 Å². The molecule has 6 nitrogen and oxygen atoms in total. The zero-order valence-electron chi connectivity index (χ0n) is 22.1. The topological polar surface area (TPSA) is 45.9 Å². The molecule has 2 aromatic carbocycles. The molecule has 37 heavy (non-hydrogen) atoms. The van der Waals surface area contributed by atoms with Gasteiger partial charge in [0.05, 0.1) is 24.5 Å². The van der Waals surface area contributed by atoms with Crippen molar-refractivity contribution < 1.29 is 9.13 Å². The number of fused-ring (bicyclic) bond motifs is 1. The molecular formula is C30H34FN5O. The van der Waals surface area contributed by atoms with Gasteiger partial charge in [0.1, 0.15) is 12.4 Å². The van der Waals surface area contributed by atoms with E-state index in [0.717, 1.165) is 60.5 Å². The first-order valence-corrected chi connectivity index (χ1v) is 13.1. The smallest absolute Gasteiger partial charge is 0.190 e. The van der Waals surface area contributed by atoms with Gasteiger partial charge in [-0.3, -0.25) is 0 Å². The molecule has 0 aliphatic carbocycles. The Morgan fingerprint density at radius 1 is 1.16 bits per heavy atom. The first-order chi connectivity index (χ1) is 17.8. The lowest BCUT2D eigenvalue weighted by Crippen LogP contribution is -2.38. The predicted molar refractivity (Wildman–Crippen MR) is 145 cm³/mol. The number of hydrogen-bond donors (Lipinski definition) is 0. The fourth-order valence-electron chi connectivity index (χ4n) is 5.47. The molecule has 1 fully saturated rings. The minimum atomic E-state index is -0.372. The highest BCUT2D eigenvalue weighted by Crippen LogP contribution is 2.40. The van der Waals surface area contributed by atoms with Crippen LogP contribution in [0.15, 0.2) is 36.5 Å². The van der Waals surface area contributed by atoms with Crippen molar-refractivity contribution in [1.29, 1.82) is 0 Å². The number of hydrogen-bond acceptors (Lipinski definition) is 5. The van der Waals surface area contributed by atoms with E-state index in [1.54, 1.807) is 6.20 Å². The molecule has 0 amide bonds. The van der Waals surface area contributed by atoms with Gasteiger partial charge in [-0.15, -0.1) is 0 Å². The van der Waals surface area contributed by atoms with Crippen LogP contribution in [0.5, 0.6) is 5.75 Å². The number of piperidine rings is 1. The van der Waals surface area contributed by atoms with Gasteiger partial charge in [0.25, 0.3) is 0 Å². The molecule has 0 saturated carbocycles.